The fourth-order valence-electron chi connectivity index (χ4n) is 3.33. The minimum absolute atomic E-state index is 0.259. The first-order valence-electron chi connectivity index (χ1n) is 10.4. The Bertz CT molecular complexity index is 1330. The smallest absolute Gasteiger partial charge is 0.368 e. The quantitative estimate of drug-likeness (QED) is 0.410. The van der Waals surface area contributed by atoms with Gasteiger partial charge in [0.25, 0.3) is 0 Å². The maximum absolute atomic E-state index is 12.3. The number of hydrogen-bond acceptors (Lipinski definition) is 6. The Morgan fingerprint density at radius 2 is 1.91 bits per heavy atom. The van der Waals surface area contributed by atoms with Crippen molar-refractivity contribution in [2.24, 2.45) is 7.05 Å². The van der Waals surface area contributed by atoms with E-state index in [0.29, 0.717) is 11.6 Å². The number of ether oxygens (including phenoxy) is 1. The fourth-order valence-corrected chi connectivity index (χ4v) is 4.40. The van der Waals surface area contributed by atoms with E-state index in [1.54, 1.807) is 18.4 Å². The van der Waals surface area contributed by atoms with E-state index in [2.05, 4.69) is 42.5 Å². The van der Waals surface area contributed by atoms with Gasteiger partial charge in [-0.05, 0) is 66.1 Å². The van der Waals surface area contributed by atoms with Crippen molar-refractivity contribution in [2.75, 3.05) is 0 Å². The molecule has 32 heavy (non-hydrogen) atoms. The van der Waals surface area contributed by atoms with Gasteiger partial charge in [0.05, 0.1) is 16.3 Å². The number of nitrogens with zero attached hydrogens (tertiary/aromatic N) is 5. The second-order valence-electron chi connectivity index (χ2n) is 7.49. The molecule has 0 spiro atoms. The second kappa shape index (κ2) is 9.32. The summed E-state index contributed by atoms with van der Waals surface area (Å²) in [5, 5.41) is 7.78. The number of allylic oxidation sites excluding steroid dienone is 1. The van der Waals surface area contributed by atoms with Gasteiger partial charge in [-0.25, -0.2) is 9.78 Å². The van der Waals surface area contributed by atoms with Crippen LogP contribution in [0, 0.1) is 13.8 Å². The molecular weight excluding hydrogens is 422 g/mol. The highest BCUT2D eigenvalue weighted by molar-refractivity contribution is 7.16. The molecule has 7 nitrogen and oxygen atoms in total. The molecule has 0 N–H and O–H groups in total. The summed E-state index contributed by atoms with van der Waals surface area (Å²) in [5.41, 5.74) is 4.32. The molecule has 0 aliphatic carbocycles. The molecule has 0 bridgehead atoms. The van der Waals surface area contributed by atoms with Gasteiger partial charge in [0.1, 0.15) is 6.61 Å². The Morgan fingerprint density at radius 3 is 2.66 bits per heavy atom. The summed E-state index contributed by atoms with van der Waals surface area (Å²) in [7, 11) is 1.57. The molecule has 0 unspecified atom stereocenters. The van der Waals surface area contributed by atoms with Crippen molar-refractivity contribution in [3.63, 3.8) is 0 Å². The zero-order valence-electron chi connectivity index (χ0n) is 18.6. The summed E-state index contributed by atoms with van der Waals surface area (Å²) >= 11 is 1.72. The van der Waals surface area contributed by atoms with Gasteiger partial charge < -0.3 is 4.74 Å². The number of hydrogen-bond donors (Lipinski definition) is 0. The number of thiophene rings is 1. The number of aromatic nitrogens is 5. The molecule has 0 aliphatic rings. The monoisotopic (exact) mass is 447 g/mol. The Kier molecular flexibility index (Phi) is 6.32. The van der Waals surface area contributed by atoms with Crippen LogP contribution in [0.2, 0.25) is 0 Å². The molecule has 0 aliphatic heterocycles. The van der Waals surface area contributed by atoms with E-state index in [1.165, 1.54) is 19.8 Å². The third-order valence-electron chi connectivity index (χ3n) is 5.14. The molecule has 164 valence electrons. The number of aryl methyl sites for hydroxylation is 3. The summed E-state index contributed by atoms with van der Waals surface area (Å²) < 4.78 is 8.54. The first kappa shape index (κ1) is 21.7. The first-order chi connectivity index (χ1) is 15.5. The third-order valence-corrected chi connectivity index (χ3v) is 6.36. The van der Waals surface area contributed by atoms with Gasteiger partial charge in [-0.1, -0.05) is 31.2 Å². The van der Waals surface area contributed by atoms with Gasteiger partial charge in [0.15, 0.2) is 0 Å². The molecule has 0 amide bonds. The van der Waals surface area contributed by atoms with Gasteiger partial charge in [0.2, 0.25) is 5.88 Å². The molecule has 0 saturated heterocycles. The third kappa shape index (κ3) is 4.40. The van der Waals surface area contributed by atoms with Crippen molar-refractivity contribution in [3.8, 4) is 22.1 Å². The van der Waals surface area contributed by atoms with Crippen molar-refractivity contribution in [3.05, 3.63) is 80.6 Å². The summed E-state index contributed by atoms with van der Waals surface area (Å²) in [4.78, 5) is 19.4. The largest absolute Gasteiger partial charge is 0.473 e. The van der Waals surface area contributed by atoms with Crippen molar-refractivity contribution in [2.45, 2.75) is 33.8 Å². The maximum Gasteiger partial charge on any atom is 0.368 e. The van der Waals surface area contributed by atoms with Gasteiger partial charge in [0, 0.05) is 23.6 Å². The van der Waals surface area contributed by atoms with Crippen LogP contribution in [0.15, 0.2) is 53.3 Å². The maximum atomic E-state index is 12.3. The van der Waals surface area contributed by atoms with Gasteiger partial charge in [-0.2, -0.15) is 9.36 Å². The lowest BCUT2D eigenvalue weighted by atomic mass is 10.1. The average Bonchev–Trinajstić information content (AvgIpc) is 3.33. The number of pyridine rings is 1. The summed E-state index contributed by atoms with van der Waals surface area (Å²) in [5.74, 6) is 0.528. The van der Waals surface area contributed by atoms with Crippen molar-refractivity contribution in [1.82, 2.24) is 24.8 Å². The van der Waals surface area contributed by atoms with E-state index in [9.17, 15) is 4.79 Å². The van der Waals surface area contributed by atoms with Crippen LogP contribution in [0.1, 0.15) is 34.9 Å². The number of tetrazole rings is 1. The van der Waals surface area contributed by atoms with Crippen LogP contribution in [-0.4, -0.2) is 24.8 Å². The second-order valence-corrected chi connectivity index (χ2v) is 8.57. The molecule has 3 heterocycles. The standard InChI is InChI=1S/C24H25N5O2S/c1-5-6-12-21-17(3)14-22(32-21)19-10-8-13-23(25-19)31-15-18-16(2)9-7-11-20(18)29-24(30)28(4)26-27-29/h6-14H,5,15H2,1-4H3/b12-6-. The predicted molar refractivity (Wildman–Crippen MR) is 127 cm³/mol. The molecule has 8 heteroatoms. The van der Waals surface area contributed by atoms with Crippen LogP contribution in [-0.2, 0) is 13.7 Å². The predicted octanol–water partition coefficient (Wildman–Crippen LogP) is 4.71. The topological polar surface area (TPSA) is 74.8 Å². The summed E-state index contributed by atoms with van der Waals surface area (Å²) in [6, 6.07) is 13.6. The fraction of sp³-hybridized carbons (Fsp3) is 0.250. The molecule has 1 aromatic carbocycles. The minimum Gasteiger partial charge on any atom is -0.473 e. The zero-order chi connectivity index (χ0) is 22.7. The zero-order valence-corrected chi connectivity index (χ0v) is 19.4. The number of rotatable bonds is 7. The molecule has 0 saturated carbocycles. The highest BCUT2D eigenvalue weighted by atomic mass is 32.1. The lowest BCUT2D eigenvalue weighted by Gasteiger charge is -2.12. The Hall–Kier alpha value is -3.52. The number of benzene rings is 1. The molecule has 4 aromatic rings. The highest BCUT2D eigenvalue weighted by Gasteiger charge is 2.14. The van der Waals surface area contributed by atoms with Crippen molar-refractivity contribution >= 4 is 17.4 Å². The van der Waals surface area contributed by atoms with E-state index < -0.39 is 0 Å². The van der Waals surface area contributed by atoms with Gasteiger partial charge in [-0.3, -0.25) is 0 Å². The van der Waals surface area contributed by atoms with E-state index in [1.807, 2.05) is 43.3 Å². The van der Waals surface area contributed by atoms with Gasteiger partial charge >= 0.3 is 5.69 Å². The molecular formula is C24H25N5O2S. The van der Waals surface area contributed by atoms with Crippen LogP contribution >= 0.6 is 11.3 Å². The minimum atomic E-state index is -0.307. The lowest BCUT2D eigenvalue weighted by molar-refractivity contribution is 0.293. The normalized spacial score (nSPS) is 11.4. The average molecular weight is 448 g/mol. The van der Waals surface area contributed by atoms with E-state index >= 15 is 0 Å². The Labute approximate surface area is 190 Å². The van der Waals surface area contributed by atoms with E-state index in [0.717, 1.165) is 28.1 Å². The summed E-state index contributed by atoms with van der Waals surface area (Å²) in [6.45, 7) is 6.48. The molecule has 0 atom stereocenters. The van der Waals surface area contributed by atoms with E-state index in [4.69, 9.17) is 9.72 Å². The first-order valence-corrected chi connectivity index (χ1v) is 11.2. The van der Waals surface area contributed by atoms with Crippen LogP contribution in [0.4, 0.5) is 0 Å². The Morgan fingerprint density at radius 1 is 1.09 bits per heavy atom. The highest BCUT2D eigenvalue weighted by Crippen LogP contribution is 2.32. The van der Waals surface area contributed by atoms with Crippen molar-refractivity contribution in [1.29, 1.82) is 0 Å². The molecule has 0 fully saturated rings. The van der Waals surface area contributed by atoms with Crippen LogP contribution in [0.3, 0.4) is 0 Å². The van der Waals surface area contributed by atoms with Gasteiger partial charge in [-0.15, -0.1) is 11.3 Å². The lowest BCUT2D eigenvalue weighted by Crippen LogP contribution is -2.23. The van der Waals surface area contributed by atoms with Crippen LogP contribution in [0.25, 0.3) is 22.3 Å². The molecule has 3 aromatic heterocycles. The van der Waals surface area contributed by atoms with E-state index in [-0.39, 0.29) is 12.3 Å². The molecule has 4 rings (SSSR count). The summed E-state index contributed by atoms with van der Waals surface area (Å²) in [6.07, 6.45) is 5.34. The van der Waals surface area contributed by atoms with Crippen LogP contribution in [0.5, 0.6) is 5.88 Å². The van der Waals surface area contributed by atoms with Crippen LogP contribution < -0.4 is 10.4 Å². The molecule has 0 radical (unpaired) electrons. The van der Waals surface area contributed by atoms with Crippen molar-refractivity contribution < 1.29 is 4.74 Å². The SMILES string of the molecule is CC/C=C\c1sc(-c2cccc(OCc3c(C)cccc3-n3nnn(C)c3=O)n2)cc1C. The Balaban J connectivity index is 1.59.